The molecule has 6 nitrogen and oxygen atoms in total. The molecule has 0 spiro atoms. The number of halogens is 1. The molecule has 0 unspecified atom stereocenters. The van der Waals surface area contributed by atoms with Crippen molar-refractivity contribution in [3.8, 4) is 11.5 Å². The molecule has 0 fully saturated rings. The van der Waals surface area contributed by atoms with E-state index in [4.69, 9.17) is 9.47 Å². The number of carbonyl (C=O) groups excluding carboxylic acids is 2. The molecule has 2 N–H and O–H groups in total. The summed E-state index contributed by atoms with van der Waals surface area (Å²) >= 11 is 3.28. The zero-order valence-electron chi connectivity index (χ0n) is 13.7. The van der Waals surface area contributed by atoms with Crippen molar-refractivity contribution in [1.29, 1.82) is 0 Å². The second kappa shape index (κ2) is 8.89. The van der Waals surface area contributed by atoms with Crippen LogP contribution < -0.4 is 20.3 Å². The number of ether oxygens (including phenoxy) is 2. The van der Waals surface area contributed by atoms with E-state index in [1.807, 2.05) is 0 Å². The van der Waals surface area contributed by atoms with E-state index in [9.17, 15) is 9.59 Å². The Morgan fingerprint density at radius 3 is 2.24 bits per heavy atom. The minimum absolute atomic E-state index is 0.419. The molecule has 0 saturated heterocycles. The van der Waals surface area contributed by atoms with Gasteiger partial charge in [-0.1, -0.05) is 12.1 Å². The summed E-state index contributed by atoms with van der Waals surface area (Å²) in [4.78, 5) is 23.9. The van der Waals surface area contributed by atoms with E-state index in [-0.39, 0.29) is 0 Å². The molecule has 2 aromatic carbocycles. The van der Waals surface area contributed by atoms with Crippen LogP contribution in [-0.2, 0) is 4.79 Å². The van der Waals surface area contributed by atoms with Crippen LogP contribution in [0.1, 0.15) is 15.9 Å². The van der Waals surface area contributed by atoms with Gasteiger partial charge in [0, 0.05) is 16.6 Å². The highest BCUT2D eigenvalue weighted by atomic mass is 79.9. The van der Waals surface area contributed by atoms with Crippen LogP contribution in [-0.4, -0.2) is 26.0 Å². The standard InChI is InChI=1S/C18H17BrN2O4/c1-24-13-9-12(10-14(11-13)25-2)7-8-17(22)20-21-18(23)15-5-3-4-6-16(15)19/h3-11H,1-2H3,(H,20,22)(H,21,23)/b8-7+. The van der Waals surface area contributed by atoms with Crippen molar-refractivity contribution in [2.24, 2.45) is 0 Å². The predicted molar refractivity (Wildman–Crippen MR) is 98.3 cm³/mol. The molecule has 2 aromatic rings. The fourth-order valence-corrected chi connectivity index (χ4v) is 2.44. The molecular weight excluding hydrogens is 388 g/mol. The molecule has 25 heavy (non-hydrogen) atoms. The van der Waals surface area contributed by atoms with Crippen LogP contribution in [0.2, 0.25) is 0 Å². The first-order chi connectivity index (χ1) is 12.0. The van der Waals surface area contributed by atoms with Crippen molar-refractivity contribution >= 4 is 33.8 Å². The van der Waals surface area contributed by atoms with Crippen LogP contribution in [0.4, 0.5) is 0 Å². The van der Waals surface area contributed by atoms with Gasteiger partial charge in [0.25, 0.3) is 11.8 Å². The van der Waals surface area contributed by atoms with Gasteiger partial charge in [-0.25, -0.2) is 0 Å². The van der Waals surface area contributed by atoms with Crippen LogP contribution in [0.25, 0.3) is 6.08 Å². The molecule has 0 bridgehead atoms. The molecule has 0 saturated carbocycles. The van der Waals surface area contributed by atoms with E-state index < -0.39 is 11.8 Å². The summed E-state index contributed by atoms with van der Waals surface area (Å²) in [6.07, 6.45) is 2.89. The van der Waals surface area contributed by atoms with Crippen molar-refractivity contribution in [3.63, 3.8) is 0 Å². The summed E-state index contributed by atoms with van der Waals surface area (Å²) in [5.41, 5.74) is 5.82. The quantitative estimate of drug-likeness (QED) is 0.593. The van der Waals surface area contributed by atoms with Crippen LogP contribution in [0.5, 0.6) is 11.5 Å². The van der Waals surface area contributed by atoms with Crippen molar-refractivity contribution in [2.75, 3.05) is 14.2 Å². The normalized spacial score (nSPS) is 10.4. The molecule has 0 aliphatic heterocycles. The number of hydrazine groups is 1. The number of hydrogen-bond donors (Lipinski definition) is 2. The van der Waals surface area contributed by atoms with Gasteiger partial charge in [0.05, 0.1) is 19.8 Å². The Balaban J connectivity index is 1.97. The zero-order chi connectivity index (χ0) is 18.2. The Morgan fingerprint density at radius 1 is 1.00 bits per heavy atom. The Bertz CT molecular complexity index is 783. The molecule has 0 aromatic heterocycles. The van der Waals surface area contributed by atoms with Crippen LogP contribution in [0, 0.1) is 0 Å². The molecule has 0 aliphatic carbocycles. The smallest absolute Gasteiger partial charge is 0.270 e. The molecule has 130 valence electrons. The van der Waals surface area contributed by atoms with Crippen molar-refractivity contribution < 1.29 is 19.1 Å². The third-order valence-corrected chi connectivity index (χ3v) is 3.91. The van der Waals surface area contributed by atoms with Gasteiger partial charge in [0.1, 0.15) is 11.5 Å². The van der Waals surface area contributed by atoms with Gasteiger partial charge in [-0.3, -0.25) is 20.4 Å². The van der Waals surface area contributed by atoms with Crippen LogP contribution in [0.3, 0.4) is 0 Å². The number of carbonyl (C=O) groups is 2. The van der Waals surface area contributed by atoms with E-state index in [1.54, 1.807) is 62.8 Å². The second-order valence-electron chi connectivity index (χ2n) is 4.90. The Morgan fingerprint density at radius 2 is 1.64 bits per heavy atom. The molecule has 2 rings (SSSR count). The summed E-state index contributed by atoms with van der Waals surface area (Å²) < 4.78 is 11.0. The highest BCUT2D eigenvalue weighted by Crippen LogP contribution is 2.23. The van der Waals surface area contributed by atoms with Gasteiger partial charge in [0.2, 0.25) is 0 Å². The molecule has 0 heterocycles. The first-order valence-corrected chi connectivity index (χ1v) is 8.09. The highest BCUT2D eigenvalue weighted by molar-refractivity contribution is 9.10. The summed E-state index contributed by atoms with van der Waals surface area (Å²) in [7, 11) is 3.10. The predicted octanol–water partition coefficient (Wildman–Crippen LogP) is 2.94. The third-order valence-electron chi connectivity index (χ3n) is 3.22. The van der Waals surface area contributed by atoms with E-state index in [0.717, 1.165) is 5.56 Å². The van der Waals surface area contributed by atoms with Crippen molar-refractivity contribution in [3.05, 3.63) is 64.1 Å². The van der Waals surface area contributed by atoms with E-state index in [0.29, 0.717) is 21.5 Å². The lowest BCUT2D eigenvalue weighted by atomic mass is 10.2. The lowest BCUT2D eigenvalue weighted by Crippen LogP contribution is -2.40. The number of nitrogens with one attached hydrogen (secondary N) is 2. The van der Waals surface area contributed by atoms with Gasteiger partial charge in [0.15, 0.2) is 0 Å². The van der Waals surface area contributed by atoms with Gasteiger partial charge in [-0.2, -0.15) is 0 Å². The Kier molecular flexibility index (Phi) is 6.59. The van der Waals surface area contributed by atoms with E-state index in [2.05, 4.69) is 26.8 Å². The molecular formula is C18H17BrN2O4. The maximum Gasteiger partial charge on any atom is 0.270 e. The number of rotatable bonds is 5. The van der Waals surface area contributed by atoms with Crippen molar-refractivity contribution in [1.82, 2.24) is 10.9 Å². The second-order valence-corrected chi connectivity index (χ2v) is 5.76. The van der Waals surface area contributed by atoms with Gasteiger partial charge in [-0.15, -0.1) is 0 Å². The van der Waals surface area contributed by atoms with E-state index >= 15 is 0 Å². The fraction of sp³-hybridized carbons (Fsp3) is 0.111. The molecule has 7 heteroatoms. The molecule has 2 amide bonds. The Labute approximate surface area is 153 Å². The van der Waals surface area contributed by atoms with Gasteiger partial charge < -0.3 is 9.47 Å². The number of hydrogen-bond acceptors (Lipinski definition) is 4. The number of benzene rings is 2. The van der Waals surface area contributed by atoms with Gasteiger partial charge in [-0.05, 0) is 51.8 Å². The highest BCUT2D eigenvalue weighted by Gasteiger charge is 2.09. The Hall–Kier alpha value is -2.80. The van der Waals surface area contributed by atoms with Crippen molar-refractivity contribution in [2.45, 2.75) is 0 Å². The fourth-order valence-electron chi connectivity index (χ4n) is 1.97. The summed E-state index contributed by atoms with van der Waals surface area (Å²) in [6, 6.07) is 12.2. The first-order valence-electron chi connectivity index (χ1n) is 7.29. The topological polar surface area (TPSA) is 76.7 Å². The minimum Gasteiger partial charge on any atom is -0.497 e. The monoisotopic (exact) mass is 404 g/mol. The minimum atomic E-state index is -0.470. The first kappa shape index (κ1) is 18.5. The number of methoxy groups -OCH3 is 2. The average molecular weight is 405 g/mol. The number of amides is 2. The molecule has 0 radical (unpaired) electrons. The van der Waals surface area contributed by atoms with Crippen LogP contribution >= 0.6 is 15.9 Å². The lowest BCUT2D eigenvalue weighted by Gasteiger charge is -2.07. The van der Waals surface area contributed by atoms with E-state index in [1.165, 1.54) is 6.08 Å². The third kappa shape index (κ3) is 5.36. The molecule has 0 atom stereocenters. The molecule has 0 aliphatic rings. The summed E-state index contributed by atoms with van der Waals surface area (Å²) in [5.74, 6) is 0.336. The maximum absolute atomic E-state index is 12.0. The zero-order valence-corrected chi connectivity index (χ0v) is 15.3. The summed E-state index contributed by atoms with van der Waals surface area (Å²) in [6.45, 7) is 0. The summed E-state index contributed by atoms with van der Waals surface area (Å²) in [5, 5.41) is 0. The van der Waals surface area contributed by atoms with Gasteiger partial charge >= 0.3 is 0 Å². The largest absolute Gasteiger partial charge is 0.497 e. The average Bonchev–Trinajstić information content (AvgIpc) is 2.64. The maximum atomic E-state index is 12.0. The SMILES string of the molecule is COc1cc(/C=C/C(=O)NNC(=O)c2ccccc2Br)cc(OC)c1. The van der Waals surface area contributed by atoms with Crippen LogP contribution in [0.15, 0.2) is 53.0 Å². The lowest BCUT2D eigenvalue weighted by molar-refractivity contribution is -0.117.